The zero-order valence-electron chi connectivity index (χ0n) is 17.9. The molecule has 4 rings (SSSR count). The van der Waals surface area contributed by atoms with Crippen molar-refractivity contribution in [1.82, 2.24) is 9.78 Å². The molecule has 0 unspecified atom stereocenters. The minimum Gasteiger partial charge on any atom is -0.402 e. The number of ether oxygens (including phenoxy) is 1. The summed E-state index contributed by atoms with van der Waals surface area (Å²) < 4.78 is 34.1. The van der Waals surface area contributed by atoms with Gasteiger partial charge in [-0.05, 0) is 57.2 Å². The molecule has 0 saturated carbocycles. The van der Waals surface area contributed by atoms with Gasteiger partial charge in [0.05, 0.1) is 21.8 Å². The number of para-hydroxylation sites is 1. The molecule has 0 bridgehead atoms. The van der Waals surface area contributed by atoms with Crippen molar-refractivity contribution in [2.24, 2.45) is 0 Å². The highest BCUT2D eigenvalue weighted by molar-refractivity contribution is 7.91. The van der Waals surface area contributed by atoms with Crippen LogP contribution in [0.25, 0.3) is 5.69 Å². The van der Waals surface area contributed by atoms with Crippen LogP contribution in [0, 0.1) is 20.8 Å². The minimum absolute atomic E-state index is 0.0967. The molecular formula is C25H22N2O4S. The molecule has 0 aliphatic carbocycles. The summed E-state index contributed by atoms with van der Waals surface area (Å²) in [7, 11) is -3.99. The van der Waals surface area contributed by atoms with Crippen molar-refractivity contribution >= 4 is 15.8 Å². The van der Waals surface area contributed by atoms with E-state index in [1.807, 2.05) is 26.0 Å². The van der Waals surface area contributed by atoms with Crippen molar-refractivity contribution < 1.29 is 17.9 Å². The van der Waals surface area contributed by atoms with Gasteiger partial charge in [-0.25, -0.2) is 13.2 Å². The Bertz CT molecular complexity index is 1370. The van der Waals surface area contributed by atoms with Gasteiger partial charge in [0.15, 0.2) is 4.90 Å². The minimum atomic E-state index is -3.99. The van der Waals surface area contributed by atoms with E-state index in [0.717, 1.165) is 11.1 Å². The number of benzene rings is 3. The Balaban J connectivity index is 1.90. The van der Waals surface area contributed by atoms with Crippen molar-refractivity contribution in [3.05, 3.63) is 101 Å². The highest BCUT2D eigenvalue weighted by Gasteiger charge is 2.32. The fourth-order valence-corrected chi connectivity index (χ4v) is 5.13. The van der Waals surface area contributed by atoms with E-state index in [4.69, 9.17) is 4.74 Å². The van der Waals surface area contributed by atoms with E-state index in [-0.39, 0.29) is 21.4 Å². The van der Waals surface area contributed by atoms with Crippen molar-refractivity contribution in [2.45, 2.75) is 30.6 Å². The van der Waals surface area contributed by atoms with Crippen LogP contribution in [0.15, 0.2) is 88.7 Å². The number of esters is 1. The summed E-state index contributed by atoms with van der Waals surface area (Å²) in [5.74, 6) is -0.792. The van der Waals surface area contributed by atoms with Crippen LogP contribution in [0.5, 0.6) is 5.88 Å². The molecule has 7 heteroatoms. The van der Waals surface area contributed by atoms with Gasteiger partial charge < -0.3 is 4.74 Å². The van der Waals surface area contributed by atoms with Gasteiger partial charge in [0.25, 0.3) is 0 Å². The van der Waals surface area contributed by atoms with Crippen LogP contribution in [0.3, 0.4) is 0 Å². The number of nitrogens with zero attached hydrogens (tertiary/aromatic N) is 2. The highest BCUT2D eigenvalue weighted by Crippen LogP contribution is 2.35. The fraction of sp³-hybridized carbons (Fsp3) is 0.120. The summed E-state index contributed by atoms with van der Waals surface area (Å²) in [6.07, 6.45) is 0. The molecule has 0 spiro atoms. The first-order valence-corrected chi connectivity index (χ1v) is 11.5. The standard InChI is InChI=1S/C25H22N2O4S/c1-17-14-18(2)16-20(15-17)25(28)31-24-23(32(29,30)22-12-8-5-9-13-22)19(3)26-27(24)21-10-6-4-7-11-21/h4-16H,1-3H3. The quantitative estimate of drug-likeness (QED) is 0.410. The van der Waals surface area contributed by atoms with Crippen LogP contribution < -0.4 is 4.74 Å². The van der Waals surface area contributed by atoms with Gasteiger partial charge in [0.1, 0.15) is 0 Å². The molecule has 0 radical (unpaired) electrons. The third kappa shape index (κ3) is 4.07. The lowest BCUT2D eigenvalue weighted by molar-refractivity contribution is 0.0718. The number of hydrogen-bond acceptors (Lipinski definition) is 5. The van der Waals surface area contributed by atoms with Gasteiger partial charge in [0.2, 0.25) is 15.7 Å². The Morgan fingerprint density at radius 2 is 1.41 bits per heavy atom. The number of aryl methyl sites for hydroxylation is 3. The van der Waals surface area contributed by atoms with Gasteiger partial charge in [-0.1, -0.05) is 53.6 Å². The van der Waals surface area contributed by atoms with Crippen LogP contribution in [-0.2, 0) is 9.84 Å². The molecule has 32 heavy (non-hydrogen) atoms. The Morgan fingerprint density at radius 1 is 0.844 bits per heavy atom. The summed E-state index contributed by atoms with van der Waals surface area (Å²) in [5, 5.41) is 4.41. The van der Waals surface area contributed by atoms with Crippen LogP contribution in [-0.4, -0.2) is 24.2 Å². The summed E-state index contributed by atoms with van der Waals surface area (Å²) in [5.41, 5.74) is 2.96. The third-order valence-electron chi connectivity index (χ3n) is 4.93. The molecule has 1 heterocycles. The lowest BCUT2D eigenvalue weighted by Crippen LogP contribution is -2.14. The molecule has 6 nitrogen and oxygen atoms in total. The zero-order valence-corrected chi connectivity index (χ0v) is 18.8. The number of rotatable bonds is 5. The second kappa shape index (κ2) is 8.43. The summed E-state index contributed by atoms with van der Waals surface area (Å²) in [6, 6.07) is 22.3. The molecule has 0 aliphatic heterocycles. The molecule has 4 aromatic rings. The van der Waals surface area contributed by atoms with E-state index in [9.17, 15) is 13.2 Å². The topological polar surface area (TPSA) is 78.3 Å². The molecule has 3 aromatic carbocycles. The molecular weight excluding hydrogens is 424 g/mol. The second-order valence-corrected chi connectivity index (χ2v) is 9.44. The van der Waals surface area contributed by atoms with Crippen LogP contribution in [0.1, 0.15) is 27.2 Å². The average molecular weight is 447 g/mol. The van der Waals surface area contributed by atoms with Gasteiger partial charge in [-0.2, -0.15) is 9.78 Å². The summed E-state index contributed by atoms with van der Waals surface area (Å²) >= 11 is 0. The Labute approximate surface area is 187 Å². The fourth-order valence-electron chi connectivity index (χ4n) is 3.59. The maximum atomic E-state index is 13.5. The van der Waals surface area contributed by atoms with Crippen LogP contribution in [0.4, 0.5) is 0 Å². The molecule has 0 saturated heterocycles. The van der Waals surface area contributed by atoms with Crippen molar-refractivity contribution in [3.8, 4) is 11.6 Å². The van der Waals surface area contributed by atoms with E-state index >= 15 is 0 Å². The largest absolute Gasteiger partial charge is 0.402 e. The van der Waals surface area contributed by atoms with Gasteiger partial charge in [-0.15, -0.1) is 0 Å². The zero-order chi connectivity index (χ0) is 22.9. The molecule has 0 fully saturated rings. The predicted octanol–water partition coefficient (Wildman–Crippen LogP) is 4.85. The SMILES string of the molecule is Cc1cc(C)cc(C(=O)Oc2c(S(=O)(=O)c3ccccc3)c(C)nn2-c2ccccc2)c1. The van der Waals surface area contributed by atoms with Crippen molar-refractivity contribution in [1.29, 1.82) is 0 Å². The Morgan fingerprint density at radius 3 is 2.00 bits per heavy atom. The highest BCUT2D eigenvalue weighted by atomic mass is 32.2. The number of sulfone groups is 1. The molecule has 0 atom stereocenters. The monoisotopic (exact) mass is 446 g/mol. The third-order valence-corrected chi connectivity index (χ3v) is 6.84. The normalized spacial score (nSPS) is 11.3. The van der Waals surface area contributed by atoms with Crippen molar-refractivity contribution in [2.75, 3.05) is 0 Å². The van der Waals surface area contributed by atoms with E-state index < -0.39 is 15.8 Å². The maximum Gasteiger partial charge on any atom is 0.344 e. The first kappa shape index (κ1) is 21.5. The van der Waals surface area contributed by atoms with E-state index in [1.165, 1.54) is 16.8 Å². The first-order chi connectivity index (χ1) is 15.3. The summed E-state index contributed by atoms with van der Waals surface area (Å²) in [6.45, 7) is 5.35. The van der Waals surface area contributed by atoms with E-state index in [0.29, 0.717) is 11.3 Å². The summed E-state index contributed by atoms with van der Waals surface area (Å²) in [4.78, 5) is 13.0. The Kier molecular flexibility index (Phi) is 5.67. The lowest BCUT2D eigenvalue weighted by atomic mass is 10.1. The molecule has 1 aromatic heterocycles. The smallest absolute Gasteiger partial charge is 0.344 e. The molecule has 0 aliphatic rings. The lowest BCUT2D eigenvalue weighted by Gasteiger charge is -2.11. The van der Waals surface area contributed by atoms with Gasteiger partial charge in [0, 0.05) is 0 Å². The van der Waals surface area contributed by atoms with Crippen LogP contribution >= 0.6 is 0 Å². The molecule has 162 valence electrons. The van der Waals surface area contributed by atoms with E-state index in [2.05, 4.69) is 5.10 Å². The molecule has 0 amide bonds. The van der Waals surface area contributed by atoms with E-state index in [1.54, 1.807) is 61.5 Å². The number of hydrogen-bond donors (Lipinski definition) is 0. The van der Waals surface area contributed by atoms with Crippen LogP contribution in [0.2, 0.25) is 0 Å². The maximum absolute atomic E-state index is 13.5. The van der Waals surface area contributed by atoms with Gasteiger partial charge >= 0.3 is 5.97 Å². The van der Waals surface area contributed by atoms with Crippen molar-refractivity contribution in [3.63, 3.8) is 0 Å². The predicted molar refractivity (Wildman–Crippen MR) is 121 cm³/mol. The average Bonchev–Trinajstić information content (AvgIpc) is 3.10. The number of carbonyl (C=O) groups is 1. The number of carbonyl (C=O) groups excluding carboxylic acids is 1. The number of aromatic nitrogens is 2. The van der Waals surface area contributed by atoms with Gasteiger partial charge in [-0.3, -0.25) is 0 Å². The first-order valence-electron chi connectivity index (χ1n) is 10.0. The Hall–Kier alpha value is -3.71. The molecule has 0 N–H and O–H groups in total. The second-order valence-electron chi connectivity index (χ2n) is 7.55.